The van der Waals surface area contributed by atoms with Gasteiger partial charge in [-0.2, -0.15) is 0 Å². The van der Waals surface area contributed by atoms with E-state index in [1.54, 1.807) is 27.7 Å². The number of rotatable bonds is 6. The van der Waals surface area contributed by atoms with Crippen molar-refractivity contribution in [1.82, 2.24) is 19.6 Å². The molecular formula is C15H28Cl2N6O4. The van der Waals surface area contributed by atoms with Crippen molar-refractivity contribution in [3.8, 4) is 0 Å². The summed E-state index contributed by atoms with van der Waals surface area (Å²) in [5, 5.41) is 0. The summed E-state index contributed by atoms with van der Waals surface area (Å²) in [4.78, 5) is 55.0. The largest absolute Gasteiger partial charge is 0.329 e. The van der Waals surface area contributed by atoms with E-state index in [1.165, 1.54) is 9.80 Å². The number of nitrogens with two attached hydrogens (primary N) is 2. The maximum absolute atomic E-state index is 12.6. The van der Waals surface area contributed by atoms with Gasteiger partial charge in [-0.05, 0) is 27.7 Å². The van der Waals surface area contributed by atoms with Gasteiger partial charge in [0, 0.05) is 26.2 Å². The molecule has 27 heavy (non-hydrogen) atoms. The van der Waals surface area contributed by atoms with Crippen molar-refractivity contribution in [3.63, 3.8) is 0 Å². The summed E-state index contributed by atoms with van der Waals surface area (Å²) in [6.07, 6.45) is 0. The summed E-state index contributed by atoms with van der Waals surface area (Å²) in [7, 11) is 0. The van der Waals surface area contributed by atoms with Crippen molar-refractivity contribution >= 4 is 48.7 Å². The van der Waals surface area contributed by atoms with E-state index < -0.39 is 23.1 Å². The third kappa shape index (κ3) is 3.84. The Bertz CT molecular complexity index is 575. The first-order valence-electron chi connectivity index (χ1n) is 8.19. The number of carbonyl (C=O) groups is 4. The summed E-state index contributed by atoms with van der Waals surface area (Å²) >= 11 is 0. The zero-order chi connectivity index (χ0) is 19.2. The van der Waals surface area contributed by atoms with Crippen LogP contribution in [0.15, 0.2) is 0 Å². The predicted molar refractivity (Wildman–Crippen MR) is 104 cm³/mol. The van der Waals surface area contributed by atoms with Crippen LogP contribution in [0.2, 0.25) is 0 Å². The number of carbonyl (C=O) groups excluding carboxylic acids is 4. The first-order valence-corrected chi connectivity index (χ1v) is 8.19. The van der Waals surface area contributed by atoms with Crippen LogP contribution in [-0.4, -0.2) is 87.4 Å². The minimum atomic E-state index is -1.13. The molecule has 156 valence electrons. The van der Waals surface area contributed by atoms with Gasteiger partial charge < -0.3 is 11.5 Å². The average Bonchev–Trinajstić information content (AvgIpc) is 2.79. The number of imide groups is 2. The van der Waals surface area contributed by atoms with Crippen LogP contribution in [0.25, 0.3) is 0 Å². The Hall–Kier alpha value is -1.62. The summed E-state index contributed by atoms with van der Waals surface area (Å²) in [6.45, 7) is 6.77. The molecule has 2 aliphatic rings. The second kappa shape index (κ2) is 8.59. The van der Waals surface area contributed by atoms with Gasteiger partial charge in [0.25, 0.3) is 11.8 Å². The van der Waals surface area contributed by atoms with Crippen molar-refractivity contribution in [3.05, 3.63) is 0 Å². The molecule has 0 bridgehead atoms. The molecule has 4 N–H and O–H groups in total. The molecule has 2 heterocycles. The zero-order valence-electron chi connectivity index (χ0n) is 15.9. The zero-order valence-corrected chi connectivity index (χ0v) is 17.6. The van der Waals surface area contributed by atoms with E-state index in [1.807, 2.05) is 0 Å². The predicted octanol–water partition coefficient (Wildman–Crippen LogP) is -0.209. The molecular weight excluding hydrogens is 399 g/mol. The van der Waals surface area contributed by atoms with Crippen molar-refractivity contribution in [2.24, 2.45) is 11.5 Å². The van der Waals surface area contributed by atoms with E-state index in [2.05, 4.69) is 0 Å². The maximum atomic E-state index is 12.6. The molecule has 0 atom stereocenters. The highest BCUT2D eigenvalue weighted by molar-refractivity contribution is 6.08. The molecule has 10 nitrogen and oxygen atoms in total. The standard InChI is InChI=1S/C15H26N6O4.2ClH/c1-14(2)10(22)18(7-5-16)12(24)20(14)9-21-13(25)19(8-6-17)11(23)15(21,3)4;;/h5-9,16-17H2,1-4H3;2*1H. The molecule has 0 aromatic carbocycles. The molecule has 0 aromatic heterocycles. The fourth-order valence-electron chi connectivity index (χ4n) is 3.10. The minimum absolute atomic E-state index is 0. The molecule has 0 radical (unpaired) electrons. The second-order valence-corrected chi connectivity index (χ2v) is 7.17. The van der Waals surface area contributed by atoms with Gasteiger partial charge in [0.1, 0.15) is 17.7 Å². The lowest BCUT2D eigenvalue weighted by molar-refractivity contribution is -0.133. The SMILES string of the molecule is CC1(C)C(=O)N(CCN)C(=O)N1CN1C(=O)N(CCN)C(=O)C1(C)C.Cl.Cl. The number of nitrogens with zero attached hydrogens (tertiary/aromatic N) is 4. The normalized spacial score (nSPS) is 21.0. The van der Waals surface area contributed by atoms with Crippen LogP contribution in [0.4, 0.5) is 9.59 Å². The highest BCUT2D eigenvalue weighted by Gasteiger charge is 2.56. The minimum Gasteiger partial charge on any atom is -0.329 e. The van der Waals surface area contributed by atoms with Gasteiger partial charge >= 0.3 is 12.1 Å². The van der Waals surface area contributed by atoms with Crippen LogP contribution in [0.1, 0.15) is 27.7 Å². The number of amides is 6. The molecule has 12 heteroatoms. The van der Waals surface area contributed by atoms with Gasteiger partial charge in [-0.25, -0.2) is 9.59 Å². The Morgan fingerprint density at radius 3 is 1.26 bits per heavy atom. The summed E-state index contributed by atoms with van der Waals surface area (Å²) < 4.78 is 0. The molecule has 0 spiro atoms. The monoisotopic (exact) mass is 426 g/mol. The van der Waals surface area contributed by atoms with Gasteiger partial charge in [-0.15, -0.1) is 24.8 Å². The first kappa shape index (κ1) is 25.4. The van der Waals surface area contributed by atoms with Gasteiger partial charge in [0.2, 0.25) is 0 Å². The molecule has 0 unspecified atom stereocenters. The van der Waals surface area contributed by atoms with Gasteiger partial charge in [-0.3, -0.25) is 29.2 Å². The van der Waals surface area contributed by atoms with Crippen molar-refractivity contribution in [1.29, 1.82) is 0 Å². The molecule has 2 fully saturated rings. The molecule has 2 aliphatic heterocycles. The number of halogens is 2. The highest BCUT2D eigenvalue weighted by atomic mass is 35.5. The Balaban J connectivity index is 0.00000338. The van der Waals surface area contributed by atoms with E-state index in [0.717, 1.165) is 9.80 Å². The smallest absolute Gasteiger partial charge is 0.329 e. The van der Waals surface area contributed by atoms with Crippen LogP contribution in [0.5, 0.6) is 0 Å². The Kier molecular flexibility index (Phi) is 8.08. The van der Waals surface area contributed by atoms with E-state index in [-0.39, 0.29) is 69.5 Å². The van der Waals surface area contributed by atoms with E-state index in [0.29, 0.717) is 0 Å². The maximum Gasteiger partial charge on any atom is 0.329 e. The fraction of sp³-hybridized carbons (Fsp3) is 0.733. The topological polar surface area (TPSA) is 133 Å². The van der Waals surface area contributed by atoms with Gasteiger partial charge in [0.05, 0.1) is 0 Å². The molecule has 2 saturated heterocycles. The van der Waals surface area contributed by atoms with E-state index in [4.69, 9.17) is 11.5 Å². The lowest BCUT2D eigenvalue weighted by Gasteiger charge is -2.36. The summed E-state index contributed by atoms with van der Waals surface area (Å²) in [6, 6.07) is -1.04. The summed E-state index contributed by atoms with van der Waals surface area (Å²) in [5.41, 5.74) is 8.68. The van der Waals surface area contributed by atoms with E-state index in [9.17, 15) is 19.2 Å². The molecule has 6 amide bonds. The van der Waals surface area contributed by atoms with Crippen LogP contribution in [0.3, 0.4) is 0 Å². The van der Waals surface area contributed by atoms with Crippen LogP contribution >= 0.6 is 24.8 Å². The van der Waals surface area contributed by atoms with E-state index >= 15 is 0 Å². The third-order valence-corrected chi connectivity index (χ3v) is 4.80. The van der Waals surface area contributed by atoms with Crippen molar-refractivity contribution in [2.45, 2.75) is 38.8 Å². The second-order valence-electron chi connectivity index (χ2n) is 7.17. The van der Waals surface area contributed by atoms with Gasteiger partial charge in [0.15, 0.2) is 0 Å². The van der Waals surface area contributed by atoms with Crippen LogP contribution in [0, 0.1) is 0 Å². The first-order chi connectivity index (χ1) is 11.5. The lowest BCUT2D eigenvalue weighted by Crippen LogP contribution is -2.55. The highest BCUT2D eigenvalue weighted by Crippen LogP contribution is 2.32. The fourth-order valence-corrected chi connectivity index (χ4v) is 3.10. The molecule has 0 saturated carbocycles. The number of hydrogen-bond acceptors (Lipinski definition) is 6. The average molecular weight is 427 g/mol. The van der Waals surface area contributed by atoms with Crippen LogP contribution < -0.4 is 11.5 Å². The Morgan fingerprint density at radius 1 is 0.704 bits per heavy atom. The van der Waals surface area contributed by atoms with Gasteiger partial charge in [-0.1, -0.05) is 0 Å². The quantitative estimate of drug-likeness (QED) is 0.564. The summed E-state index contributed by atoms with van der Waals surface area (Å²) in [5.74, 6) is -0.755. The third-order valence-electron chi connectivity index (χ3n) is 4.80. The van der Waals surface area contributed by atoms with Crippen molar-refractivity contribution < 1.29 is 19.2 Å². The molecule has 0 aliphatic carbocycles. The van der Waals surface area contributed by atoms with Crippen molar-refractivity contribution in [2.75, 3.05) is 32.8 Å². The molecule has 2 rings (SSSR count). The Labute approximate surface area is 171 Å². The number of urea groups is 2. The Morgan fingerprint density at radius 2 is 1.00 bits per heavy atom. The lowest BCUT2D eigenvalue weighted by atomic mass is 10.0. The van der Waals surface area contributed by atoms with Crippen LogP contribution in [-0.2, 0) is 9.59 Å². The number of hydrogen-bond donors (Lipinski definition) is 2. The molecule has 0 aromatic rings.